The lowest BCUT2D eigenvalue weighted by Crippen LogP contribution is -2.20. The zero-order valence-electron chi connectivity index (χ0n) is 14.0. The van der Waals surface area contributed by atoms with Crippen LogP contribution in [0, 0.1) is 0 Å². The van der Waals surface area contributed by atoms with Crippen molar-refractivity contribution >= 4 is 28.5 Å². The molecular weight excluding hydrogens is 336 g/mol. The van der Waals surface area contributed by atoms with E-state index in [4.69, 9.17) is 4.74 Å². The van der Waals surface area contributed by atoms with Crippen molar-refractivity contribution in [3.63, 3.8) is 0 Å². The second-order valence-corrected chi connectivity index (χ2v) is 5.54. The van der Waals surface area contributed by atoms with Crippen molar-refractivity contribution in [3.8, 4) is 11.4 Å². The van der Waals surface area contributed by atoms with E-state index in [0.29, 0.717) is 22.6 Å². The second kappa shape index (κ2) is 5.96. The summed E-state index contributed by atoms with van der Waals surface area (Å²) < 4.78 is 7.76. The molecule has 3 aromatic heterocycles. The average molecular weight is 350 g/mol. The fraction of sp³-hybridized carbons (Fsp3) is 0.118. The maximum Gasteiger partial charge on any atom is 0.355 e. The van der Waals surface area contributed by atoms with Crippen LogP contribution in [-0.2, 0) is 4.79 Å². The van der Waals surface area contributed by atoms with Crippen LogP contribution in [0.4, 0.5) is 5.82 Å². The van der Waals surface area contributed by atoms with Crippen LogP contribution in [0.15, 0.2) is 47.4 Å². The third kappa shape index (κ3) is 2.46. The van der Waals surface area contributed by atoms with E-state index in [0.717, 1.165) is 0 Å². The highest BCUT2D eigenvalue weighted by Crippen LogP contribution is 2.19. The maximum absolute atomic E-state index is 13.0. The number of methoxy groups -OCH3 is 1. The standard InChI is InChI=1S/C17H14N6O3/c1-10(24)19-15-16-21-23(11-5-7-12(26-2)8-6-11)17(25)22(16)13-4-3-9-18-14(13)20-15/h3-9H,1-2H3,(H,18,19,20,24). The molecule has 0 spiro atoms. The molecule has 4 aromatic rings. The molecule has 1 N–H and O–H groups in total. The number of hydrogen-bond donors (Lipinski definition) is 1. The Morgan fingerprint density at radius 2 is 1.96 bits per heavy atom. The largest absolute Gasteiger partial charge is 0.497 e. The summed E-state index contributed by atoms with van der Waals surface area (Å²) in [6.07, 6.45) is 1.57. The molecule has 9 heteroatoms. The Morgan fingerprint density at radius 3 is 2.65 bits per heavy atom. The molecule has 1 amide bonds. The van der Waals surface area contributed by atoms with Crippen LogP contribution < -0.4 is 15.7 Å². The summed E-state index contributed by atoms with van der Waals surface area (Å²) >= 11 is 0. The van der Waals surface area contributed by atoms with Crippen LogP contribution in [0.2, 0.25) is 0 Å². The van der Waals surface area contributed by atoms with Gasteiger partial charge >= 0.3 is 5.69 Å². The van der Waals surface area contributed by atoms with Gasteiger partial charge in [0.2, 0.25) is 11.6 Å². The van der Waals surface area contributed by atoms with Gasteiger partial charge in [-0.25, -0.2) is 19.2 Å². The van der Waals surface area contributed by atoms with E-state index in [1.165, 1.54) is 16.0 Å². The lowest BCUT2D eigenvalue weighted by atomic mass is 10.3. The minimum Gasteiger partial charge on any atom is -0.497 e. The number of carbonyl (C=O) groups excluding carboxylic acids is 1. The van der Waals surface area contributed by atoms with Gasteiger partial charge in [-0.1, -0.05) is 0 Å². The molecule has 0 aliphatic heterocycles. The van der Waals surface area contributed by atoms with Gasteiger partial charge in [0.25, 0.3) is 0 Å². The number of benzene rings is 1. The second-order valence-electron chi connectivity index (χ2n) is 5.54. The van der Waals surface area contributed by atoms with Crippen LogP contribution in [0.3, 0.4) is 0 Å². The summed E-state index contributed by atoms with van der Waals surface area (Å²) in [5.74, 6) is 0.523. The first-order chi connectivity index (χ1) is 12.6. The van der Waals surface area contributed by atoms with Gasteiger partial charge < -0.3 is 10.1 Å². The molecule has 0 radical (unpaired) electrons. The first kappa shape index (κ1) is 15.8. The number of hydrogen-bond acceptors (Lipinski definition) is 6. The maximum atomic E-state index is 13.0. The van der Waals surface area contributed by atoms with E-state index < -0.39 is 5.69 Å². The highest BCUT2D eigenvalue weighted by molar-refractivity contribution is 5.93. The molecule has 26 heavy (non-hydrogen) atoms. The molecular formula is C17H14N6O3. The third-order valence-corrected chi connectivity index (χ3v) is 3.83. The predicted molar refractivity (Wildman–Crippen MR) is 94.7 cm³/mol. The lowest BCUT2D eigenvalue weighted by molar-refractivity contribution is -0.114. The summed E-state index contributed by atoms with van der Waals surface area (Å²) in [5, 5.41) is 6.97. The Labute approximate surface area is 146 Å². The fourth-order valence-corrected chi connectivity index (χ4v) is 2.69. The third-order valence-electron chi connectivity index (χ3n) is 3.83. The Kier molecular flexibility index (Phi) is 3.61. The number of pyridine rings is 1. The van der Waals surface area contributed by atoms with Crippen molar-refractivity contribution in [2.75, 3.05) is 12.4 Å². The quantitative estimate of drug-likeness (QED) is 0.599. The van der Waals surface area contributed by atoms with E-state index in [9.17, 15) is 9.59 Å². The van der Waals surface area contributed by atoms with Crippen LogP contribution in [0.1, 0.15) is 6.92 Å². The van der Waals surface area contributed by atoms with Gasteiger partial charge in [-0.3, -0.25) is 4.79 Å². The van der Waals surface area contributed by atoms with Gasteiger partial charge in [0.1, 0.15) is 5.75 Å². The normalized spacial score (nSPS) is 11.0. The Balaban J connectivity index is 2.04. The predicted octanol–water partition coefficient (Wildman–Crippen LogP) is 1.40. The number of carbonyl (C=O) groups is 1. The summed E-state index contributed by atoms with van der Waals surface area (Å²) in [6.45, 7) is 1.36. The minimum absolute atomic E-state index is 0.174. The molecule has 130 valence electrons. The van der Waals surface area contributed by atoms with Crippen molar-refractivity contribution in [1.82, 2.24) is 24.1 Å². The van der Waals surface area contributed by atoms with E-state index in [1.54, 1.807) is 49.7 Å². The Bertz CT molecular complexity index is 1190. The van der Waals surface area contributed by atoms with Crippen LogP contribution >= 0.6 is 0 Å². The van der Waals surface area contributed by atoms with Gasteiger partial charge in [-0.15, -0.1) is 5.10 Å². The molecule has 0 saturated carbocycles. The Morgan fingerprint density at radius 1 is 1.19 bits per heavy atom. The molecule has 3 heterocycles. The minimum atomic E-state index is -0.392. The van der Waals surface area contributed by atoms with Crippen LogP contribution in [-0.4, -0.2) is 37.2 Å². The van der Waals surface area contributed by atoms with Gasteiger partial charge in [-0.2, -0.15) is 4.68 Å². The number of nitrogens with zero attached hydrogens (tertiary/aromatic N) is 5. The number of aromatic nitrogens is 5. The smallest absolute Gasteiger partial charge is 0.355 e. The monoisotopic (exact) mass is 350 g/mol. The van der Waals surface area contributed by atoms with Gasteiger partial charge in [0.15, 0.2) is 11.5 Å². The molecule has 9 nitrogen and oxygen atoms in total. The molecule has 0 aliphatic carbocycles. The molecule has 0 saturated heterocycles. The fourth-order valence-electron chi connectivity index (χ4n) is 2.69. The number of nitrogens with one attached hydrogen (secondary N) is 1. The molecule has 1 aromatic carbocycles. The van der Waals surface area contributed by atoms with E-state index in [1.807, 2.05) is 0 Å². The zero-order chi connectivity index (χ0) is 18.3. The summed E-state index contributed by atoms with van der Waals surface area (Å²) in [4.78, 5) is 33.0. The highest BCUT2D eigenvalue weighted by atomic mass is 16.5. The molecule has 0 bridgehead atoms. The molecule has 0 unspecified atom stereocenters. The van der Waals surface area contributed by atoms with Crippen LogP contribution in [0.5, 0.6) is 5.75 Å². The highest BCUT2D eigenvalue weighted by Gasteiger charge is 2.18. The van der Waals surface area contributed by atoms with E-state index in [-0.39, 0.29) is 17.4 Å². The lowest BCUT2D eigenvalue weighted by Gasteiger charge is -2.04. The number of anilines is 1. The summed E-state index contributed by atoms with van der Waals surface area (Å²) in [7, 11) is 1.57. The number of rotatable bonds is 3. The van der Waals surface area contributed by atoms with Crippen molar-refractivity contribution in [1.29, 1.82) is 0 Å². The zero-order valence-corrected chi connectivity index (χ0v) is 14.0. The topological polar surface area (TPSA) is 103 Å². The van der Waals surface area contributed by atoms with Crippen molar-refractivity contribution in [2.24, 2.45) is 0 Å². The summed E-state index contributed by atoms with van der Waals surface area (Å²) in [5.41, 5.74) is 1.24. The average Bonchev–Trinajstić information content (AvgIpc) is 3.00. The SMILES string of the molecule is COc1ccc(-n2nc3c(NC(C)=O)nc4ncccc4n3c2=O)cc1. The summed E-state index contributed by atoms with van der Waals surface area (Å²) in [6, 6.07) is 10.3. The Hall–Kier alpha value is -3.75. The van der Waals surface area contributed by atoms with E-state index >= 15 is 0 Å². The van der Waals surface area contributed by atoms with Crippen molar-refractivity contribution in [2.45, 2.75) is 6.92 Å². The molecule has 0 fully saturated rings. The van der Waals surface area contributed by atoms with Crippen LogP contribution in [0.25, 0.3) is 22.5 Å². The van der Waals surface area contributed by atoms with Gasteiger partial charge in [0, 0.05) is 13.1 Å². The molecule has 0 aliphatic rings. The van der Waals surface area contributed by atoms with Crippen molar-refractivity contribution in [3.05, 3.63) is 53.1 Å². The van der Waals surface area contributed by atoms with Crippen molar-refractivity contribution < 1.29 is 9.53 Å². The number of amides is 1. The van der Waals surface area contributed by atoms with E-state index in [2.05, 4.69) is 20.4 Å². The number of fused-ring (bicyclic) bond motifs is 3. The first-order valence-corrected chi connectivity index (χ1v) is 7.77. The number of ether oxygens (including phenoxy) is 1. The van der Waals surface area contributed by atoms with Gasteiger partial charge in [-0.05, 0) is 36.4 Å². The molecule has 4 rings (SSSR count). The first-order valence-electron chi connectivity index (χ1n) is 7.77. The van der Waals surface area contributed by atoms with Gasteiger partial charge in [0.05, 0.1) is 18.3 Å². The molecule has 0 atom stereocenters.